The summed E-state index contributed by atoms with van der Waals surface area (Å²) in [5, 5.41) is 6.62. The van der Waals surface area contributed by atoms with Crippen LogP contribution in [-0.4, -0.2) is 11.0 Å². The van der Waals surface area contributed by atoms with E-state index in [2.05, 4.69) is 37.4 Å². The lowest BCUT2D eigenvalue weighted by atomic mass is 10.2. The van der Waals surface area contributed by atoms with E-state index in [1.54, 1.807) is 18.2 Å². The van der Waals surface area contributed by atoms with Gasteiger partial charge in [-0.05, 0) is 76.7 Å². The van der Waals surface area contributed by atoms with Crippen molar-refractivity contribution in [2.24, 2.45) is 0 Å². The number of nitrogens with one attached hydrogen (secondary N) is 4. The summed E-state index contributed by atoms with van der Waals surface area (Å²) in [6.07, 6.45) is 0. The van der Waals surface area contributed by atoms with Crippen molar-refractivity contribution in [1.29, 1.82) is 0 Å². The third-order valence-corrected chi connectivity index (χ3v) is 4.51. The molecule has 27 heavy (non-hydrogen) atoms. The molecule has 0 unspecified atom stereocenters. The SMILES string of the molecule is O=C(NNC(=S)Nc1ccc(Nc2ccccc2)cc1)c1ccccc1Br. The number of carbonyl (C=O) groups is 1. The predicted octanol–water partition coefficient (Wildman–Crippen LogP) is 4.82. The molecule has 3 aromatic carbocycles. The molecule has 136 valence electrons. The number of para-hydroxylation sites is 1. The van der Waals surface area contributed by atoms with Crippen molar-refractivity contribution >= 4 is 56.2 Å². The first-order chi connectivity index (χ1) is 13.1. The highest BCUT2D eigenvalue weighted by Crippen LogP contribution is 2.18. The second-order valence-corrected chi connectivity index (χ2v) is 6.84. The normalized spacial score (nSPS) is 9.96. The maximum Gasteiger partial charge on any atom is 0.270 e. The van der Waals surface area contributed by atoms with E-state index in [0.29, 0.717) is 15.1 Å². The minimum absolute atomic E-state index is 0.283. The maximum atomic E-state index is 12.1. The second kappa shape index (κ2) is 9.16. The number of hydrazine groups is 1. The second-order valence-electron chi connectivity index (χ2n) is 5.58. The molecule has 0 bridgehead atoms. The summed E-state index contributed by atoms with van der Waals surface area (Å²) in [5.41, 5.74) is 8.57. The summed E-state index contributed by atoms with van der Waals surface area (Å²) in [7, 11) is 0. The largest absolute Gasteiger partial charge is 0.356 e. The van der Waals surface area contributed by atoms with E-state index in [0.717, 1.165) is 17.1 Å². The van der Waals surface area contributed by atoms with Gasteiger partial charge < -0.3 is 10.6 Å². The number of carbonyl (C=O) groups excluding carboxylic acids is 1. The molecule has 0 saturated heterocycles. The molecular formula is C20H17BrN4OS. The Kier molecular flexibility index (Phi) is 6.40. The molecule has 3 aromatic rings. The van der Waals surface area contributed by atoms with Crippen LogP contribution in [0.1, 0.15) is 10.4 Å². The fourth-order valence-corrected chi connectivity index (χ4v) is 2.95. The Bertz CT molecular complexity index is 932. The molecule has 3 rings (SSSR count). The van der Waals surface area contributed by atoms with Gasteiger partial charge in [-0.2, -0.15) is 0 Å². The van der Waals surface area contributed by atoms with Gasteiger partial charge in [-0.1, -0.05) is 30.3 Å². The number of halogens is 1. The number of anilines is 3. The van der Waals surface area contributed by atoms with Crippen LogP contribution in [0.2, 0.25) is 0 Å². The molecule has 0 atom stereocenters. The van der Waals surface area contributed by atoms with Crippen molar-refractivity contribution in [1.82, 2.24) is 10.9 Å². The number of amides is 1. The average Bonchev–Trinajstić information content (AvgIpc) is 2.69. The molecule has 0 aliphatic heterocycles. The first kappa shape index (κ1) is 18.9. The standard InChI is InChI=1S/C20H17BrN4OS/c21-18-9-5-4-8-17(18)19(26)24-25-20(27)23-16-12-10-15(11-13-16)22-14-6-2-1-3-7-14/h1-13,22H,(H,24,26)(H2,23,25,27). The molecule has 0 saturated carbocycles. The van der Waals surface area contributed by atoms with Gasteiger partial charge in [0.2, 0.25) is 0 Å². The van der Waals surface area contributed by atoms with Crippen molar-refractivity contribution in [2.45, 2.75) is 0 Å². The molecule has 0 aromatic heterocycles. The fourth-order valence-electron chi connectivity index (χ4n) is 2.31. The van der Waals surface area contributed by atoms with Crippen LogP contribution in [0.25, 0.3) is 0 Å². The van der Waals surface area contributed by atoms with Crippen LogP contribution in [-0.2, 0) is 0 Å². The van der Waals surface area contributed by atoms with E-state index in [-0.39, 0.29) is 5.91 Å². The van der Waals surface area contributed by atoms with Gasteiger partial charge in [0.15, 0.2) is 5.11 Å². The number of hydrogen-bond acceptors (Lipinski definition) is 3. The zero-order valence-electron chi connectivity index (χ0n) is 14.2. The molecule has 0 heterocycles. The van der Waals surface area contributed by atoms with Gasteiger partial charge in [0.25, 0.3) is 5.91 Å². The van der Waals surface area contributed by atoms with Crippen molar-refractivity contribution in [2.75, 3.05) is 10.6 Å². The summed E-state index contributed by atoms with van der Waals surface area (Å²) < 4.78 is 0.713. The Morgan fingerprint density at radius 2 is 1.33 bits per heavy atom. The fraction of sp³-hybridized carbons (Fsp3) is 0. The third-order valence-electron chi connectivity index (χ3n) is 3.61. The zero-order valence-corrected chi connectivity index (χ0v) is 16.6. The summed E-state index contributed by atoms with van der Waals surface area (Å²) in [5.74, 6) is -0.283. The lowest BCUT2D eigenvalue weighted by molar-refractivity contribution is 0.0943. The third kappa shape index (κ3) is 5.54. The van der Waals surface area contributed by atoms with Gasteiger partial charge in [-0.3, -0.25) is 15.6 Å². The van der Waals surface area contributed by atoms with Gasteiger partial charge in [0.1, 0.15) is 0 Å². The lowest BCUT2D eigenvalue weighted by Crippen LogP contribution is -2.43. The van der Waals surface area contributed by atoms with Crippen molar-refractivity contribution in [3.8, 4) is 0 Å². The van der Waals surface area contributed by atoms with E-state index in [4.69, 9.17) is 12.2 Å². The van der Waals surface area contributed by atoms with E-state index in [1.165, 1.54) is 0 Å². The molecule has 4 N–H and O–H groups in total. The molecule has 0 aliphatic carbocycles. The van der Waals surface area contributed by atoms with Crippen LogP contribution in [0.3, 0.4) is 0 Å². The number of benzene rings is 3. The molecule has 0 fully saturated rings. The number of rotatable bonds is 4. The Morgan fingerprint density at radius 1 is 0.741 bits per heavy atom. The van der Waals surface area contributed by atoms with Gasteiger partial charge in [0.05, 0.1) is 5.56 Å². The lowest BCUT2D eigenvalue weighted by Gasteiger charge is -2.13. The number of thiocarbonyl (C=S) groups is 1. The minimum atomic E-state index is -0.283. The molecule has 0 spiro atoms. The van der Waals surface area contributed by atoms with Crippen LogP contribution in [0.5, 0.6) is 0 Å². The van der Waals surface area contributed by atoms with Crippen molar-refractivity contribution in [3.63, 3.8) is 0 Å². The maximum absolute atomic E-state index is 12.1. The highest BCUT2D eigenvalue weighted by molar-refractivity contribution is 9.10. The molecule has 5 nitrogen and oxygen atoms in total. The first-order valence-electron chi connectivity index (χ1n) is 8.16. The Balaban J connectivity index is 1.50. The van der Waals surface area contributed by atoms with Gasteiger partial charge >= 0.3 is 0 Å². The van der Waals surface area contributed by atoms with Crippen LogP contribution in [0.15, 0.2) is 83.3 Å². The first-order valence-corrected chi connectivity index (χ1v) is 9.36. The van der Waals surface area contributed by atoms with Gasteiger partial charge in [-0.25, -0.2) is 0 Å². The quantitative estimate of drug-likeness (QED) is 0.345. The van der Waals surface area contributed by atoms with E-state index in [1.807, 2.05) is 60.7 Å². The topological polar surface area (TPSA) is 65.2 Å². The van der Waals surface area contributed by atoms with Gasteiger partial charge in [-0.15, -0.1) is 0 Å². The molecule has 0 radical (unpaired) electrons. The smallest absolute Gasteiger partial charge is 0.270 e. The van der Waals surface area contributed by atoms with E-state index in [9.17, 15) is 4.79 Å². The summed E-state index contributed by atoms with van der Waals surface area (Å²) >= 11 is 8.56. The summed E-state index contributed by atoms with van der Waals surface area (Å²) in [4.78, 5) is 12.1. The van der Waals surface area contributed by atoms with Crippen LogP contribution < -0.4 is 21.5 Å². The molecule has 0 aliphatic rings. The Hall–Kier alpha value is -2.90. The predicted molar refractivity (Wildman–Crippen MR) is 117 cm³/mol. The molecule has 1 amide bonds. The van der Waals surface area contributed by atoms with Crippen LogP contribution in [0.4, 0.5) is 17.1 Å². The molecule has 7 heteroatoms. The Morgan fingerprint density at radius 3 is 2.04 bits per heavy atom. The van der Waals surface area contributed by atoms with E-state index >= 15 is 0 Å². The van der Waals surface area contributed by atoms with Crippen molar-refractivity contribution < 1.29 is 4.79 Å². The Labute approximate surface area is 171 Å². The number of hydrogen-bond donors (Lipinski definition) is 4. The highest BCUT2D eigenvalue weighted by atomic mass is 79.9. The van der Waals surface area contributed by atoms with Crippen LogP contribution >= 0.6 is 28.1 Å². The van der Waals surface area contributed by atoms with Crippen molar-refractivity contribution in [3.05, 3.63) is 88.9 Å². The van der Waals surface area contributed by atoms with Crippen LogP contribution in [0, 0.1) is 0 Å². The monoisotopic (exact) mass is 440 g/mol. The van der Waals surface area contributed by atoms with E-state index < -0.39 is 0 Å². The minimum Gasteiger partial charge on any atom is -0.356 e. The summed E-state index contributed by atoms with van der Waals surface area (Å²) in [6.45, 7) is 0. The summed E-state index contributed by atoms with van der Waals surface area (Å²) in [6, 6.07) is 24.8. The highest BCUT2D eigenvalue weighted by Gasteiger charge is 2.09. The average molecular weight is 441 g/mol. The van der Waals surface area contributed by atoms with Gasteiger partial charge in [0, 0.05) is 21.5 Å². The zero-order chi connectivity index (χ0) is 19.1. The molecular weight excluding hydrogens is 424 g/mol.